The molecule has 0 saturated heterocycles. The molecule has 0 aliphatic rings. The molecule has 6 rings (SSSR count). The average molecular weight is 414 g/mol. The van der Waals surface area contributed by atoms with Crippen molar-refractivity contribution in [2.45, 2.75) is 26.7 Å². The van der Waals surface area contributed by atoms with E-state index in [1.165, 1.54) is 5.56 Å². The molecule has 0 saturated carbocycles. The molecule has 3 aromatic carbocycles. The SMILES string of the molecule is [2H]C(C)(C)c1ccc2c(c1)oc1c2sc(-c2c(C)ccc3c2oc2ccccc23)[n+]1C. The third-order valence-corrected chi connectivity index (χ3v) is 7.25. The van der Waals surface area contributed by atoms with Crippen molar-refractivity contribution >= 4 is 54.7 Å². The maximum Gasteiger partial charge on any atom is 0.393 e. The van der Waals surface area contributed by atoms with Crippen molar-refractivity contribution in [3.63, 3.8) is 0 Å². The van der Waals surface area contributed by atoms with E-state index >= 15 is 0 Å². The lowest BCUT2D eigenvalue weighted by Crippen LogP contribution is -2.28. The van der Waals surface area contributed by atoms with Crippen LogP contribution in [0.25, 0.3) is 53.9 Å². The summed E-state index contributed by atoms with van der Waals surface area (Å²) in [6, 6.07) is 18.6. The lowest BCUT2D eigenvalue weighted by Gasteiger charge is -2.03. The van der Waals surface area contributed by atoms with Gasteiger partial charge in [-0.2, -0.15) is 4.57 Å². The summed E-state index contributed by atoms with van der Waals surface area (Å²) in [5.74, 6) is -0.657. The molecule has 0 bridgehead atoms. The molecule has 0 radical (unpaired) electrons. The van der Waals surface area contributed by atoms with Crippen LogP contribution >= 0.6 is 11.3 Å². The van der Waals surface area contributed by atoms with Crippen molar-refractivity contribution in [1.82, 2.24) is 0 Å². The van der Waals surface area contributed by atoms with Crippen molar-refractivity contribution < 1.29 is 14.8 Å². The highest BCUT2D eigenvalue weighted by atomic mass is 32.1. The van der Waals surface area contributed by atoms with Gasteiger partial charge in [-0.25, -0.2) is 0 Å². The fraction of sp³-hybridized carbons (Fsp3) is 0.192. The molecule has 0 N–H and O–H groups in total. The van der Waals surface area contributed by atoms with E-state index in [2.05, 4.69) is 35.8 Å². The van der Waals surface area contributed by atoms with E-state index in [4.69, 9.17) is 10.2 Å². The first-order valence-electron chi connectivity index (χ1n) is 10.6. The molecule has 3 nitrogen and oxygen atoms in total. The van der Waals surface area contributed by atoms with Gasteiger partial charge in [0.15, 0.2) is 10.3 Å². The van der Waals surface area contributed by atoms with Gasteiger partial charge in [-0.15, -0.1) is 0 Å². The zero-order chi connectivity index (χ0) is 21.5. The molecule has 148 valence electrons. The highest BCUT2D eigenvalue weighted by Gasteiger charge is 2.29. The molecule has 0 spiro atoms. The van der Waals surface area contributed by atoms with E-state index < -0.39 is 5.89 Å². The van der Waals surface area contributed by atoms with Crippen LogP contribution in [0.3, 0.4) is 0 Å². The maximum atomic E-state index is 8.33. The Balaban J connectivity index is 1.64. The van der Waals surface area contributed by atoms with E-state index in [1.807, 2.05) is 51.2 Å². The summed E-state index contributed by atoms with van der Waals surface area (Å²) in [5.41, 5.74) is 6.75. The number of aromatic nitrogens is 1. The summed E-state index contributed by atoms with van der Waals surface area (Å²) in [5, 5.41) is 4.47. The monoisotopic (exact) mass is 413 g/mol. The fourth-order valence-electron chi connectivity index (χ4n) is 4.32. The van der Waals surface area contributed by atoms with Crippen LogP contribution in [0.4, 0.5) is 0 Å². The molecule has 3 aromatic heterocycles. The van der Waals surface area contributed by atoms with Gasteiger partial charge >= 0.3 is 5.71 Å². The third-order valence-electron chi connectivity index (χ3n) is 5.98. The summed E-state index contributed by atoms with van der Waals surface area (Å²) in [7, 11) is 2.05. The van der Waals surface area contributed by atoms with E-state index in [-0.39, 0.29) is 0 Å². The lowest BCUT2D eigenvalue weighted by atomic mass is 10.0. The normalized spacial score (nSPS) is 13.1. The van der Waals surface area contributed by atoms with Crippen LogP contribution in [0.1, 0.15) is 32.2 Å². The molecule has 3 heterocycles. The smallest absolute Gasteiger partial charge is 0.393 e. The van der Waals surface area contributed by atoms with Gasteiger partial charge in [0.05, 0.1) is 0 Å². The zero-order valence-corrected chi connectivity index (χ0v) is 18.2. The van der Waals surface area contributed by atoms with Gasteiger partial charge in [-0.3, -0.25) is 0 Å². The number of hydrogen-bond donors (Lipinski definition) is 0. The number of nitrogens with zero attached hydrogens (tertiary/aromatic N) is 1. The van der Waals surface area contributed by atoms with Crippen LogP contribution in [-0.4, -0.2) is 0 Å². The van der Waals surface area contributed by atoms with Crippen LogP contribution < -0.4 is 4.57 Å². The Labute approximate surface area is 179 Å². The van der Waals surface area contributed by atoms with Crippen LogP contribution in [0, 0.1) is 6.92 Å². The van der Waals surface area contributed by atoms with Gasteiger partial charge in [0.1, 0.15) is 23.8 Å². The number of aryl methyl sites for hydroxylation is 2. The minimum atomic E-state index is -0.657. The van der Waals surface area contributed by atoms with Crippen LogP contribution in [0.2, 0.25) is 0 Å². The van der Waals surface area contributed by atoms with Crippen LogP contribution in [0.5, 0.6) is 0 Å². The molecule has 0 unspecified atom stereocenters. The minimum absolute atomic E-state index is 0.657. The molecule has 30 heavy (non-hydrogen) atoms. The lowest BCUT2D eigenvalue weighted by molar-refractivity contribution is -0.636. The fourth-order valence-corrected chi connectivity index (χ4v) is 5.63. The van der Waals surface area contributed by atoms with E-state index in [9.17, 15) is 0 Å². The first-order valence-corrected chi connectivity index (χ1v) is 10.9. The van der Waals surface area contributed by atoms with Crippen molar-refractivity contribution in [2.24, 2.45) is 7.05 Å². The van der Waals surface area contributed by atoms with Crippen molar-refractivity contribution in [2.75, 3.05) is 0 Å². The second-order valence-corrected chi connectivity index (χ2v) is 9.14. The van der Waals surface area contributed by atoms with Gasteiger partial charge in [0.25, 0.3) is 5.01 Å². The molecule has 4 heteroatoms. The Morgan fingerprint density at radius 2 is 1.73 bits per heavy atom. The molecular weight excluding hydrogens is 390 g/mol. The Hall–Kier alpha value is -3.11. The molecule has 6 aromatic rings. The van der Waals surface area contributed by atoms with E-state index in [0.717, 1.165) is 59.5 Å². The number of hydrogen-bond acceptors (Lipinski definition) is 3. The second kappa shape index (κ2) is 6.19. The first kappa shape index (κ1) is 16.7. The number of thiazole rings is 1. The summed E-state index contributed by atoms with van der Waals surface area (Å²) in [6.07, 6.45) is 0. The molecule has 0 fully saturated rings. The average Bonchev–Trinajstić information content (AvgIpc) is 3.38. The second-order valence-electron chi connectivity index (χ2n) is 8.15. The summed E-state index contributed by atoms with van der Waals surface area (Å²) in [4.78, 5) is 0. The Morgan fingerprint density at radius 3 is 2.57 bits per heavy atom. The summed E-state index contributed by atoms with van der Waals surface area (Å²) in [6.45, 7) is 5.92. The van der Waals surface area contributed by atoms with Gasteiger partial charge in [0.2, 0.25) is 0 Å². The quantitative estimate of drug-likeness (QED) is 0.276. The first-order chi connectivity index (χ1) is 14.8. The molecular formula is C26H22NO2S+. The summed E-state index contributed by atoms with van der Waals surface area (Å²) < 4.78 is 24.2. The van der Waals surface area contributed by atoms with Crippen molar-refractivity contribution in [3.8, 4) is 10.6 Å². The predicted octanol–water partition coefficient (Wildman–Crippen LogP) is 7.47. The number of rotatable bonds is 2. The third kappa shape index (κ3) is 2.34. The highest BCUT2D eigenvalue weighted by Crippen LogP contribution is 2.42. The van der Waals surface area contributed by atoms with Gasteiger partial charge in [0, 0.05) is 17.5 Å². The molecule has 0 aliphatic heterocycles. The number of furan rings is 2. The zero-order valence-electron chi connectivity index (χ0n) is 18.4. The molecule has 0 aliphatic carbocycles. The number of para-hydroxylation sites is 1. The molecule has 0 amide bonds. The van der Waals surface area contributed by atoms with E-state index in [0.29, 0.717) is 0 Å². The van der Waals surface area contributed by atoms with Gasteiger partial charge < -0.3 is 8.83 Å². The molecule has 0 atom stereocenters. The summed E-state index contributed by atoms with van der Waals surface area (Å²) >= 11 is 1.73. The highest BCUT2D eigenvalue weighted by molar-refractivity contribution is 7.22. The largest absolute Gasteiger partial charge is 0.455 e. The Kier molecular flexibility index (Phi) is 3.44. The predicted molar refractivity (Wildman–Crippen MR) is 124 cm³/mol. The minimum Gasteiger partial charge on any atom is -0.455 e. The van der Waals surface area contributed by atoms with E-state index in [1.54, 1.807) is 11.3 Å². The van der Waals surface area contributed by atoms with Crippen molar-refractivity contribution in [3.05, 3.63) is 65.7 Å². The number of benzene rings is 3. The van der Waals surface area contributed by atoms with Gasteiger partial charge in [-0.05, 0) is 42.1 Å². The van der Waals surface area contributed by atoms with Crippen LogP contribution in [0.15, 0.2) is 63.4 Å². The van der Waals surface area contributed by atoms with Crippen LogP contribution in [-0.2, 0) is 7.05 Å². The standard InChI is InChI=1S/C26H22NO2S/c1-14(2)16-10-12-19-21(13-16)29-25-24(19)30-26(27(25)4)22-15(3)9-11-18-17-7-5-6-8-20(17)28-23(18)22/h5-14H,1-4H3/q+1/i14D. The Bertz CT molecular complexity index is 1650. The number of fused-ring (bicyclic) bond motifs is 6. The Morgan fingerprint density at radius 1 is 0.933 bits per heavy atom. The van der Waals surface area contributed by atoms with Crippen molar-refractivity contribution in [1.29, 1.82) is 0 Å². The van der Waals surface area contributed by atoms with Gasteiger partial charge in [-0.1, -0.05) is 61.6 Å². The topological polar surface area (TPSA) is 30.2 Å². The maximum absolute atomic E-state index is 8.33.